The zero-order chi connectivity index (χ0) is 21.5. The van der Waals surface area contributed by atoms with Gasteiger partial charge in [0, 0.05) is 37.3 Å². The highest BCUT2D eigenvalue weighted by Gasteiger charge is 2.31. The van der Waals surface area contributed by atoms with E-state index in [1.165, 1.54) is 4.31 Å². The lowest BCUT2D eigenvalue weighted by atomic mass is 10.1. The van der Waals surface area contributed by atoms with Crippen LogP contribution in [-0.4, -0.2) is 54.7 Å². The van der Waals surface area contributed by atoms with Gasteiger partial charge in [-0.05, 0) is 50.1 Å². The summed E-state index contributed by atoms with van der Waals surface area (Å²) in [6, 6.07) is 14.9. The summed E-state index contributed by atoms with van der Waals surface area (Å²) >= 11 is 0. The Hall–Kier alpha value is -2.77. The number of nitrogens with zero attached hydrogens (tertiary/aromatic N) is 3. The van der Waals surface area contributed by atoms with E-state index in [0.717, 1.165) is 27.7 Å². The van der Waals surface area contributed by atoms with Crippen molar-refractivity contribution in [3.63, 3.8) is 0 Å². The summed E-state index contributed by atoms with van der Waals surface area (Å²) in [5.41, 5.74) is 3.83. The number of carbonyl (C=O) groups excluding carboxylic acids is 1. The minimum Gasteiger partial charge on any atom is -0.336 e. The smallest absolute Gasteiger partial charge is 0.254 e. The topological polar surface area (TPSA) is 70.6 Å². The average molecular weight is 424 g/mol. The molecule has 1 amide bonds. The van der Waals surface area contributed by atoms with E-state index in [9.17, 15) is 13.2 Å². The Bertz CT molecular complexity index is 1230. The third-order valence-electron chi connectivity index (χ3n) is 5.56. The highest BCUT2D eigenvalue weighted by molar-refractivity contribution is 7.89. The van der Waals surface area contributed by atoms with Crippen molar-refractivity contribution in [2.45, 2.75) is 25.7 Å². The molecule has 1 aliphatic rings. The first kappa shape index (κ1) is 20.5. The lowest BCUT2D eigenvalue weighted by Crippen LogP contribution is -2.50. The van der Waals surface area contributed by atoms with Crippen LogP contribution in [0, 0.1) is 20.8 Å². The van der Waals surface area contributed by atoms with Crippen molar-refractivity contribution in [3.8, 4) is 0 Å². The second-order valence-corrected chi connectivity index (χ2v) is 9.70. The van der Waals surface area contributed by atoms with Crippen molar-refractivity contribution in [1.29, 1.82) is 0 Å². The number of amides is 1. The number of piperazine rings is 1. The summed E-state index contributed by atoms with van der Waals surface area (Å²) in [7, 11) is -3.58. The van der Waals surface area contributed by atoms with Crippen LogP contribution in [0.15, 0.2) is 53.4 Å². The molecule has 2 aromatic carbocycles. The Morgan fingerprint density at radius 1 is 0.933 bits per heavy atom. The number of aromatic nitrogens is 1. The fourth-order valence-corrected chi connectivity index (χ4v) is 5.64. The molecule has 0 radical (unpaired) electrons. The van der Waals surface area contributed by atoms with Crippen molar-refractivity contribution < 1.29 is 13.2 Å². The molecule has 30 heavy (non-hydrogen) atoms. The summed E-state index contributed by atoms with van der Waals surface area (Å²) in [6.45, 7) is 6.85. The predicted octanol–water partition coefficient (Wildman–Crippen LogP) is 3.31. The molecular weight excluding hydrogens is 398 g/mol. The molecule has 0 bridgehead atoms. The molecule has 1 aromatic heterocycles. The Balaban J connectivity index is 1.55. The average Bonchev–Trinajstić information content (AvgIpc) is 2.74. The maximum Gasteiger partial charge on any atom is 0.254 e. The zero-order valence-corrected chi connectivity index (χ0v) is 18.2. The van der Waals surface area contributed by atoms with Crippen LogP contribution < -0.4 is 0 Å². The monoisotopic (exact) mass is 423 g/mol. The van der Waals surface area contributed by atoms with E-state index in [2.05, 4.69) is 4.98 Å². The molecule has 0 spiro atoms. The Morgan fingerprint density at radius 2 is 1.63 bits per heavy atom. The molecular formula is C23H25N3O3S. The fourth-order valence-electron chi connectivity index (χ4n) is 3.91. The van der Waals surface area contributed by atoms with Gasteiger partial charge in [-0.2, -0.15) is 4.31 Å². The minimum absolute atomic E-state index is 0.0829. The van der Waals surface area contributed by atoms with E-state index in [1.807, 2.05) is 63.2 Å². The maximum atomic E-state index is 13.2. The van der Waals surface area contributed by atoms with Gasteiger partial charge in [-0.25, -0.2) is 8.42 Å². The molecule has 3 aromatic rings. The van der Waals surface area contributed by atoms with Gasteiger partial charge in [0.25, 0.3) is 5.91 Å². The highest BCUT2D eigenvalue weighted by Crippen LogP contribution is 2.24. The number of hydrogen-bond acceptors (Lipinski definition) is 4. The van der Waals surface area contributed by atoms with Gasteiger partial charge in [0.1, 0.15) is 0 Å². The molecule has 6 nitrogen and oxygen atoms in total. The SMILES string of the molecule is Cc1ccc(C)c(S(=O)(=O)N2CCN(C(=O)c3cc(C)nc4ccccc34)CC2)c1. The molecule has 0 unspecified atom stereocenters. The number of benzene rings is 2. The molecule has 0 aliphatic carbocycles. The van der Waals surface area contributed by atoms with E-state index in [4.69, 9.17) is 0 Å². The Morgan fingerprint density at radius 3 is 2.37 bits per heavy atom. The molecule has 0 saturated carbocycles. The maximum absolute atomic E-state index is 13.2. The number of pyridine rings is 1. The summed E-state index contributed by atoms with van der Waals surface area (Å²) in [5.74, 6) is -0.0829. The largest absolute Gasteiger partial charge is 0.336 e. The quantitative estimate of drug-likeness (QED) is 0.648. The van der Waals surface area contributed by atoms with Gasteiger partial charge < -0.3 is 4.90 Å². The van der Waals surface area contributed by atoms with Crippen LogP contribution >= 0.6 is 0 Å². The molecule has 0 atom stereocenters. The normalized spacial score (nSPS) is 15.5. The van der Waals surface area contributed by atoms with Crippen LogP contribution in [0.4, 0.5) is 0 Å². The van der Waals surface area contributed by atoms with Crippen LogP contribution in [0.5, 0.6) is 0 Å². The first-order valence-corrected chi connectivity index (χ1v) is 11.4. The standard InChI is InChI=1S/C23H25N3O3S/c1-16-8-9-17(2)22(14-16)30(28,29)26-12-10-25(11-13-26)23(27)20-15-18(3)24-21-7-5-4-6-19(20)21/h4-9,14-15H,10-13H2,1-3H3. The zero-order valence-electron chi connectivity index (χ0n) is 17.4. The van der Waals surface area contributed by atoms with Crippen LogP contribution in [-0.2, 0) is 10.0 Å². The molecule has 4 rings (SSSR count). The van der Waals surface area contributed by atoms with Gasteiger partial charge in [0.05, 0.1) is 16.0 Å². The van der Waals surface area contributed by atoms with Crippen LogP contribution in [0.1, 0.15) is 27.2 Å². The van der Waals surface area contributed by atoms with Crippen LogP contribution in [0.2, 0.25) is 0 Å². The number of sulfonamides is 1. The second kappa shape index (κ2) is 7.81. The molecule has 7 heteroatoms. The number of aryl methyl sites for hydroxylation is 3. The van der Waals surface area contributed by atoms with Gasteiger partial charge in [-0.1, -0.05) is 30.3 Å². The van der Waals surface area contributed by atoms with Gasteiger partial charge in [-0.3, -0.25) is 9.78 Å². The third kappa shape index (κ3) is 3.70. The van der Waals surface area contributed by atoms with Crippen molar-refractivity contribution in [2.75, 3.05) is 26.2 Å². The second-order valence-electron chi connectivity index (χ2n) is 7.79. The van der Waals surface area contributed by atoms with Gasteiger partial charge in [-0.15, -0.1) is 0 Å². The molecule has 1 fully saturated rings. The number of fused-ring (bicyclic) bond motifs is 1. The van der Waals surface area contributed by atoms with E-state index in [0.29, 0.717) is 23.5 Å². The summed E-state index contributed by atoms with van der Waals surface area (Å²) in [5, 5.41) is 0.818. The number of rotatable bonds is 3. The minimum atomic E-state index is -3.58. The summed E-state index contributed by atoms with van der Waals surface area (Å²) < 4.78 is 27.8. The van der Waals surface area contributed by atoms with Crippen molar-refractivity contribution in [3.05, 3.63) is 70.9 Å². The Labute approximate surface area is 177 Å². The first-order chi connectivity index (χ1) is 14.3. The fraction of sp³-hybridized carbons (Fsp3) is 0.304. The lowest BCUT2D eigenvalue weighted by molar-refractivity contribution is 0.0699. The Kier molecular flexibility index (Phi) is 5.34. The van der Waals surface area contributed by atoms with Crippen molar-refractivity contribution in [1.82, 2.24) is 14.2 Å². The van der Waals surface area contributed by atoms with Crippen molar-refractivity contribution >= 4 is 26.8 Å². The summed E-state index contributed by atoms with van der Waals surface area (Å²) in [4.78, 5) is 19.8. The number of para-hydroxylation sites is 1. The van der Waals surface area contributed by atoms with E-state index in [1.54, 1.807) is 11.0 Å². The predicted molar refractivity (Wildman–Crippen MR) is 117 cm³/mol. The van der Waals surface area contributed by atoms with Gasteiger partial charge in [0.15, 0.2) is 0 Å². The third-order valence-corrected chi connectivity index (χ3v) is 7.60. The number of carbonyl (C=O) groups is 1. The van der Waals surface area contributed by atoms with Crippen LogP contribution in [0.3, 0.4) is 0 Å². The van der Waals surface area contributed by atoms with Gasteiger partial charge in [0.2, 0.25) is 10.0 Å². The summed E-state index contributed by atoms with van der Waals surface area (Å²) in [6.07, 6.45) is 0. The van der Waals surface area contributed by atoms with E-state index >= 15 is 0 Å². The molecule has 0 N–H and O–H groups in total. The van der Waals surface area contributed by atoms with E-state index in [-0.39, 0.29) is 19.0 Å². The molecule has 156 valence electrons. The number of hydrogen-bond donors (Lipinski definition) is 0. The lowest BCUT2D eigenvalue weighted by Gasteiger charge is -2.34. The first-order valence-electron chi connectivity index (χ1n) is 10.0. The van der Waals surface area contributed by atoms with E-state index < -0.39 is 10.0 Å². The molecule has 1 saturated heterocycles. The highest BCUT2D eigenvalue weighted by atomic mass is 32.2. The van der Waals surface area contributed by atoms with Crippen molar-refractivity contribution in [2.24, 2.45) is 0 Å². The molecule has 1 aliphatic heterocycles. The van der Waals surface area contributed by atoms with Gasteiger partial charge >= 0.3 is 0 Å². The van der Waals surface area contributed by atoms with Crippen LogP contribution in [0.25, 0.3) is 10.9 Å². The molecule has 2 heterocycles.